The molecule has 1 rings (SSSR count). The number of thioether (sulfide) groups is 2. The van der Waals surface area contributed by atoms with Crippen LogP contribution in [-0.4, -0.2) is 41.3 Å². The van der Waals surface area contributed by atoms with Crippen LogP contribution in [-0.2, 0) is 0 Å². The van der Waals surface area contributed by atoms with Crippen molar-refractivity contribution in [1.29, 1.82) is 0 Å². The lowest BCUT2D eigenvalue weighted by molar-refractivity contribution is 0.742. The maximum atomic E-state index is 5.96. The van der Waals surface area contributed by atoms with E-state index in [4.69, 9.17) is 11.6 Å². The summed E-state index contributed by atoms with van der Waals surface area (Å²) in [5.41, 5.74) is 0. The molecule has 1 aromatic rings. The highest BCUT2D eigenvalue weighted by molar-refractivity contribution is 7.98. The molecule has 0 saturated heterocycles. The van der Waals surface area contributed by atoms with Crippen molar-refractivity contribution < 1.29 is 0 Å². The van der Waals surface area contributed by atoms with Crippen molar-refractivity contribution in [3.63, 3.8) is 0 Å². The summed E-state index contributed by atoms with van der Waals surface area (Å²) in [6.45, 7) is 2.17. The summed E-state index contributed by atoms with van der Waals surface area (Å²) < 4.78 is 0. The Balaban J connectivity index is 2.89. The van der Waals surface area contributed by atoms with Crippen LogP contribution < -0.4 is 4.90 Å². The molecule has 0 spiro atoms. The predicted molar refractivity (Wildman–Crippen MR) is 75.1 cm³/mol. The summed E-state index contributed by atoms with van der Waals surface area (Å²) in [4.78, 5) is 10.7. The molecule has 0 aromatic carbocycles. The van der Waals surface area contributed by atoms with Crippen molar-refractivity contribution in [1.82, 2.24) is 9.97 Å². The van der Waals surface area contributed by atoms with E-state index in [1.165, 1.54) is 11.8 Å². The van der Waals surface area contributed by atoms with Gasteiger partial charge in [-0.15, -0.1) is 0 Å². The molecule has 0 aliphatic carbocycles. The topological polar surface area (TPSA) is 29.0 Å². The zero-order chi connectivity index (χ0) is 12.1. The minimum absolute atomic E-state index is 0.427. The van der Waals surface area contributed by atoms with Crippen molar-refractivity contribution in [2.45, 2.75) is 18.1 Å². The lowest BCUT2D eigenvalue weighted by Crippen LogP contribution is -2.31. The second-order valence-corrected chi connectivity index (χ2v) is 5.52. The fraction of sp³-hybridized carbons (Fsp3) is 0.600. The molecule has 0 aliphatic rings. The quantitative estimate of drug-likeness (QED) is 0.469. The molecular formula is C10H16ClN3S2. The summed E-state index contributed by atoms with van der Waals surface area (Å²) in [5, 5.41) is 1.21. The van der Waals surface area contributed by atoms with Crippen LogP contribution in [0.2, 0.25) is 5.15 Å². The molecule has 6 heteroatoms. The van der Waals surface area contributed by atoms with Gasteiger partial charge in [-0.1, -0.05) is 23.4 Å². The third-order valence-corrected chi connectivity index (χ3v) is 3.83. The Labute approximate surface area is 110 Å². The van der Waals surface area contributed by atoms with E-state index >= 15 is 0 Å². The number of hydrogen-bond donors (Lipinski definition) is 0. The first-order valence-electron chi connectivity index (χ1n) is 4.88. The molecule has 0 fully saturated rings. The van der Waals surface area contributed by atoms with E-state index in [-0.39, 0.29) is 0 Å². The van der Waals surface area contributed by atoms with E-state index < -0.39 is 0 Å². The predicted octanol–water partition coefficient (Wildman–Crippen LogP) is 3.04. The minimum Gasteiger partial charge on any atom is -0.356 e. The molecule has 90 valence electrons. The van der Waals surface area contributed by atoms with Crippen LogP contribution in [0.15, 0.2) is 11.2 Å². The summed E-state index contributed by atoms with van der Waals surface area (Å²) in [7, 11) is 2.03. The van der Waals surface area contributed by atoms with Crippen LogP contribution in [0, 0.1) is 0 Å². The summed E-state index contributed by atoms with van der Waals surface area (Å²) in [5.74, 6) is 1.94. The van der Waals surface area contributed by atoms with Crippen LogP contribution in [0.5, 0.6) is 0 Å². The smallest absolute Gasteiger partial charge is 0.190 e. The van der Waals surface area contributed by atoms with Gasteiger partial charge in [0.15, 0.2) is 5.16 Å². The Bertz CT molecular complexity index is 349. The molecule has 1 aromatic heterocycles. The van der Waals surface area contributed by atoms with E-state index in [0.717, 1.165) is 11.6 Å². The van der Waals surface area contributed by atoms with Crippen molar-refractivity contribution >= 4 is 40.9 Å². The van der Waals surface area contributed by atoms with E-state index in [0.29, 0.717) is 16.4 Å². The van der Waals surface area contributed by atoms with Gasteiger partial charge in [-0.25, -0.2) is 9.97 Å². The summed E-state index contributed by atoms with van der Waals surface area (Å²) in [6.07, 6.45) is 4.05. The normalized spacial score (nSPS) is 12.6. The lowest BCUT2D eigenvalue weighted by atomic mass is 10.3. The average Bonchev–Trinajstić information content (AvgIpc) is 2.27. The summed E-state index contributed by atoms with van der Waals surface area (Å²) in [6, 6.07) is 2.23. The number of rotatable bonds is 5. The van der Waals surface area contributed by atoms with Crippen LogP contribution in [0.3, 0.4) is 0 Å². The van der Waals surface area contributed by atoms with Crippen LogP contribution in [0.1, 0.15) is 6.92 Å². The van der Waals surface area contributed by atoms with Crippen LogP contribution in [0.4, 0.5) is 5.82 Å². The Morgan fingerprint density at radius 2 is 2.12 bits per heavy atom. The maximum Gasteiger partial charge on any atom is 0.190 e. The molecular weight excluding hydrogens is 262 g/mol. The standard InChI is InChI=1S/C10H16ClN3S2/c1-7(6-15-3)14(2)9-5-8(11)12-10(13-9)16-4/h5,7H,6H2,1-4H3. The fourth-order valence-corrected chi connectivity index (χ4v) is 2.54. The second kappa shape index (κ2) is 6.57. The molecule has 0 amide bonds. The van der Waals surface area contributed by atoms with E-state index in [9.17, 15) is 0 Å². The molecule has 0 aliphatic heterocycles. The van der Waals surface area contributed by atoms with Gasteiger partial charge in [-0.3, -0.25) is 0 Å². The highest BCUT2D eigenvalue weighted by atomic mass is 35.5. The van der Waals surface area contributed by atoms with Crippen LogP contribution in [0.25, 0.3) is 0 Å². The van der Waals surface area contributed by atoms with E-state index in [1.807, 2.05) is 25.1 Å². The molecule has 0 radical (unpaired) electrons. The van der Waals surface area contributed by atoms with Gasteiger partial charge in [0.05, 0.1) is 0 Å². The van der Waals surface area contributed by atoms with E-state index in [2.05, 4.69) is 28.0 Å². The number of aromatic nitrogens is 2. The van der Waals surface area contributed by atoms with Crippen molar-refractivity contribution in [2.24, 2.45) is 0 Å². The Morgan fingerprint density at radius 1 is 1.44 bits per heavy atom. The van der Waals surface area contributed by atoms with Gasteiger partial charge in [0.2, 0.25) is 0 Å². The second-order valence-electron chi connectivity index (χ2n) is 3.45. The molecule has 16 heavy (non-hydrogen) atoms. The third-order valence-electron chi connectivity index (χ3n) is 2.27. The zero-order valence-corrected chi connectivity index (χ0v) is 12.3. The monoisotopic (exact) mass is 277 g/mol. The van der Waals surface area contributed by atoms with Gasteiger partial charge in [-0.05, 0) is 19.4 Å². The fourth-order valence-electron chi connectivity index (χ4n) is 1.24. The van der Waals surface area contributed by atoms with Crippen molar-refractivity contribution in [3.8, 4) is 0 Å². The molecule has 1 atom stereocenters. The van der Waals surface area contributed by atoms with Gasteiger partial charge in [-0.2, -0.15) is 11.8 Å². The highest BCUT2D eigenvalue weighted by Crippen LogP contribution is 2.21. The minimum atomic E-state index is 0.427. The maximum absolute atomic E-state index is 5.96. The number of hydrogen-bond acceptors (Lipinski definition) is 5. The highest BCUT2D eigenvalue weighted by Gasteiger charge is 2.12. The Morgan fingerprint density at radius 3 is 2.69 bits per heavy atom. The zero-order valence-electron chi connectivity index (χ0n) is 9.90. The SMILES string of the molecule is CSCC(C)N(C)c1cc(Cl)nc(SC)n1. The molecule has 1 unspecified atom stereocenters. The third kappa shape index (κ3) is 3.71. The number of anilines is 1. The molecule has 3 nitrogen and oxygen atoms in total. The van der Waals surface area contributed by atoms with Gasteiger partial charge in [0, 0.05) is 24.9 Å². The van der Waals surface area contributed by atoms with E-state index in [1.54, 1.807) is 6.07 Å². The molecule has 0 saturated carbocycles. The molecule has 0 N–H and O–H groups in total. The summed E-state index contributed by atoms with van der Waals surface area (Å²) >= 11 is 9.28. The molecule has 1 heterocycles. The van der Waals surface area contributed by atoms with Crippen molar-refractivity contribution in [2.75, 3.05) is 30.2 Å². The van der Waals surface area contributed by atoms with Crippen LogP contribution >= 0.6 is 35.1 Å². The first kappa shape index (κ1) is 13.9. The van der Waals surface area contributed by atoms with Gasteiger partial charge < -0.3 is 4.90 Å². The van der Waals surface area contributed by atoms with Gasteiger partial charge in [0.1, 0.15) is 11.0 Å². The number of halogens is 1. The first-order chi connectivity index (χ1) is 7.58. The lowest BCUT2D eigenvalue weighted by Gasteiger charge is -2.25. The van der Waals surface area contributed by atoms with Gasteiger partial charge in [0.25, 0.3) is 0 Å². The Kier molecular flexibility index (Phi) is 5.72. The largest absolute Gasteiger partial charge is 0.356 e. The first-order valence-corrected chi connectivity index (χ1v) is 7.88. The Hall–Kier alpha value is -0.130. The van der Waals surface area contributed by atoms with Crippen molar-refractivity contribution in [3.05, 3.63) is 11.2 Å². The molecule has 0 bridgehead atoms. The number of nitrogens with zero attached hydrogens (tertiary/aromatic N) is 3. The average molecular weight is 278 g/mol. The van der Waals surface area contributed by atoms with Gasteiger partial charge >= 0.3 is 0 Å².